The normalized spacial score (nSPS) is 13.6. The first kappa shape index (κ1) is 13.2. The van der Waals surface area contributed by atoms with Crippen molar-refractivity contribution in [2.45, 2.75) is 25.2 Å². The van der Waals surface area contributed by atoms with Crippen LogP contribution in [0.25, 0.3) is 0 Å². The molecule has 0 aliphatic rings. The molecule has 2 N–H and O–H groups in total. The van der Waals surface area contributed by atoms with E-state index in [-0.39, 0.29) is 12.3 Å². The number of aliphatic hydroxyl groups excluding tert-OH is 1. The van der Waals surface area contributed by atoms with E-state index in [0.717, 1.165) is 5.56 Å². The monoisotopic (exact) mass is 243 g/mol. The van der Waals surface area contributed by atoms with Gasteiger partial charge in [0.05, 0.1) is 11.9 Å². The summed E-state index contributed by atoms with van der Waals surface area (Å²) in [6.07, 6.45) is -0.0843. The Morgan fingerprint density at radius 3 is 2.50 bits per heavy atom. The van der Waals surface area contributed by atoms with Crippen LogP contribution in [0.1, 0.15) is 18.9 Å². The molecule has 0 amide bonds. The van der Waals surface area contributed by atoms with Gasteiger partial charge in [-0.25, -0.2) is 13.1 Å². The van der Waals surface area contributed by atoms with Gasteiger partial charge in [0, 0.05) is 6.54 Å². The maximum atomic E-state index is 11.6. The Kier molecular flexibility index (Phi) is 4.92. The highest BCUT2D eigenvalue weighted by atomic mass is 32.2. The van der Waals surface area contributed by atoms with E-state index in [9.17, 15) is 13.5 Å². The summed E-state index contributed by atoms with van der Waals surface area (Å²) in [7, 11) is -3.35. The summed E-state index contributed by atoms with van der Waals surface area (Å²) in [5.74, 6) is -0.0513. The second-order valence-electron chi connectivity index (χ2n) is 3.66. The Hall–Kier alpha value is -0.910. The average Bonchev–Trinajstić information content (AvgIpc) is 2.27. The molecule has 0 aliphatic carbocycles. The van der Waals surface area contributed by atoms with Crippen molar-refractivity contribution >= 4 is 10.0 Å². The van der Waals surface area contributed by atoms with Crippen LogP contribution >= 0.6 is 0 Å². The van der Waals surface area contributed by atoms with Crippen LogP contribution in [0.15, 0.2) is 30.3 Å². The van der Waals surface area contributed by atoms with Gasteiger partial charge in [-0.2, -0.15) is 0 Å². The van der Waals surface area contributed by atoms with Crippen molar-refractivity contribution in [1.82, 2.24) is 4.72 Å². The first-order valence-electron chi connectivity index (χ1n) is 5.23. The van der Waals surface area contributed by atoms with E-state index in [4.69, 9.17) is 0 Å². The first-order valence-corrected chi connectivity index (χ1v) is 6.88. The molecule has 1 aromatic carbocycles. The number of rotatable bonds is 6. The topological polar surface area (TPSA) is 66.4 Å². The summed E-state index contributed by atoms with van der Waals surface area (Å²) in [5.41, 5.74) is 0.737. The number of nitrogens with one attached hydrogen (secondary N) is 1. The highest BCUT2D eigenvalue weighted by Gasteiger charge is 2.12. The van der Waals surface area contributed by atoms with E-state index in [2.05, 4.69) is 4.72 Å². The minimum Gasteiger partial charge on any atom is -0.392 e. The lowest BCUT2D eigenvalue weighted by molar-refractivity contribution is 0.174. The lowest BCUT2D eigenvalue weighted by atomic mass is 10.2. The molecular weight excluding hydrogens is 226 g/mol. The molecular formula is C11H17NO3S. The first-order chi connectivity index (χ1) is 7.53. The maximum absolute atomic E-state index is 11.6. The summed E-state index contributed by atoms with van der Waals surface area (Å²) in [5, 5.41) is 9.26. The van der Waals surface area contributed by atoms with Gasteiger partial charge in [-0.1, -0.05) is 37.3 Å². The molecule has 0 heterocycles. The molecule has 0 aromatic heterocycles. The average molecular weight is 243 g/mol. The molecule has 0 fully saturated rings. The van der Waals surface area contributed by atoms with Crippen LogP contribution in [0.2, 0.25) is 0 Å². The molecule has 1 unspecified atom stereocenters. The molecule has 1 aromatic rings. The van der Waals surface area contributed by atoms with Crippen LogP contribution in [-0.2, 0) is 15.8 Å². The van der Waals surface area contributed by atoms with Crippen molar-refractivity contribution in [3.8, 4) is 0 Å². The minimum absolute atomic E-state index is 0.0513. The second kappa shape index (κ2) is 5.98. The van der Waals surface area contributed by atoms with Crippen molar-refractivity contribution in [2.75, 3.05) is 6.54 Å². The molecule has 4 nitrogen and oxygen atoms in total. The lowest BCUT2D eigenvalue weighted by Crippen LogP contribution is -2.32. The molecule has 0 saturated carbocycles. The molecule has 16 heavy (non-hydrogen) atoms. The molecule has 0 spiro atoms. The van der Waals surface area contributed by atoms with Gasteiger partial charge >= 0.3 is 0 Å². The van der Waals surface area contributed by atoms with Crippen LogP contribution in [0.5, 0.6) is 0 Å². The fourth-order valence-corrected chi connectivity index (χ4v) is 2.39. The summed E-state index contributed by atoms with van der Waals surface area (Å²) >= 11 is 0. The minimum atomic E-state index is -3.35. The number of benzene rings is 1. The van der Waals surface area contributed by atoms with Gasteiger partial charge in [0.15, 0.2) is 0 Å². The molecule has 0 saturated heterocycles. The van der Waals surface area contributed by atoms with Gasteiger partial charge in [-0.15, -0.1) is 0 Å². The van der Waals surface area contributed by atoms with Gasteiger partial charge in [0.25, 0.3) is 0 Å². The molecule has 0 bridgehead atoms. The van der Waals surface area contributed by atoms with Gasteiger partial charge < -0.3 is 5.11 Å². The van der Waals surface area contributed by atoms with Crippen LogP contribution < -0.4 is 4.72 Å². The Balaban J connectivity index is 2.53. The molecule has 0 aliphatic heterocycles. The lowest BCUT2D eigenvalue weighted by Gasteiger charge is -2.10. The third-order valence-electron chi connectivity index (χ3n) is 2.21. The molecule has 0 radical (unpaired) electrons. The zero-order valence-corrected chi connectivity index (χ0v) is 10.1. The van der Waals surface area contributed by atoms with Crippen molar-refractivity contribution in [3.63, 3.8) is 0 Å². The smallest absolute Gasteiger partial charge is 0.215 e. The molecule has 1 atom stereocenters. The number of sulfonamides is 1. The standard InChI is InChI=1S/C11H17NO3S/c1-2-11(13)8-12-16(14,15)9-10-6-4-3-5-7-10/h3-7,11-13H,2,8-9H2,1H3. The third kappa shape index (κ3) is 4.74. The van der Waals surface area contributed by atoms with Gasteiger partial charge in [0.2, 0.25) is 10.0 Å². The fourth-order valence-electron chi connectivity index (χ4n) is 1.21. The van der Waals surface area contributed by atoms with Crippen molar-refractivity contribution in [1.29, 1.82) is 0 Å². The predicted octanol–water partition coefficient (Wildman–Crippen LogP) is 0.877. The predicted molar refractivity (Wildman–Crippen MR) is 63.4 cm³/mol. The van der Waals surface area contributed by atoms with Crippen LogP contribution in [0, 0.1) is 0 Å². The van der Waals surface area contributed by atoms with E-state index < -0.39 is 16.1 Å². The number of hydrogen-bond acceptors (Lipinski definition) is 3. The Morgan fingerprint density at radius 1 is 1.31 bits per heavy atom. The van der Waals surface area contributed by atoms with E-state index in [1.54, 1.807) is 31.2 Å². The second-order valence-corrected chi connectivity index (χ2v) is 5.46. The maximum Gasteiger partial charge on any atom is 0.215 e. The van der Waals surface area contributed by atoms with Crippen molar-refractivity contribution in [3.05, 3.63) is 35.9 Å². The molecule has 1 rings (SSSR count). The van der Waals surface area contributed by atoms with E-state index in [1.807, 2.05) is 6.07 Å². The van der Waals surface area contributed by atoms with Crippen LogP contribution in [0.3, 0.4) is 0 Å². The van der Waals surface area contributed by atoms with Gasteiger partial charge in [0.1, 0.15) is 0 Å². The summed E-state index contributed by atoms with van der Waals surface area (Å²) < 4.78 is 25.6. The Labute approximate surface area is 96.4 Å². The SMILES string of the molecule is CCC(O)CNS(=O)(=O)Cc1ccccc1. The zero-order chi connectivity index (χ0) is 12.0. The van der Waals surface area contributed by atoms with Crippen LogP contribution in [-0.4, -0.2) is 26.2 Å². The Morgan fingerprint density at radius 2 is 1.94 bits per heavy atom. The number of hydrogen-bond donors (Lipinski definition) is 2. The summed E-state index contributed by atoms with van der Waals surface area (Å²) in [6.45, 7) is 1.88. The third-order valence-corrected chi connectivity index (χ3v) is 3.53. The van der Waals surface area contributed by atoms with Gasteiger partial charge in [-0.05, 0) is 12.0 Å². The van der Waals surface area contributed by atoms with Crippen molar-refractivity contribution in [2.24, 2.45) is 0 Å². The summed E-state index contributed by atoms with van der Waals surface area (Å²) in [6, 6.07) is 8.95. The van der Waals surface area contributed by atoms with Crippen LogP contribution in [0.4, 0.5) is 0 Å². The van der Waals surface area contributed by atoms with E-state index in [0.29, 0.717) is 6.42 Å². The summed E-state index contributed by atoms with van der Waals surface area (Å²) in [4.78, 5) is 0. The van der Waals surface area contributed by atoms with Crippen molar-refractivity contribution < 1.29 is 13.5 Å². The fraction of sp³-hybridized carbons (Fsp3) is 0.455. The van der Waals surface area contributed by atoms with E-state index in [1.165, 1.54) is 0 Å². The largest absolute Gasteiger partial charge is 0.392 e. The zero-order valence-electron chi connectivity index (χ0n) is 9.26. The van der Waals surface area contributed by atoms with E-state index >= 15 is 0 Å². The van der Waals surface area contributed by atoms with Gasteiger partial charge in [-0.3, -0.25) is 0 Å². The highest BCUT2D eigenvalue weighted by Crippen LogP contribution is 2.04. The number of aliphatic hydroxyl groups is 1. The molecule has 5 heteroatoms. The Bertz CT molecular complexity index is 402. The quantitative estimate of drug-likeness (QED) is 0.779. The highest BCUT2D eigenvalue weighted by molar-refractivity contribution is 7.88. The molecule has 90 valence electrons.